The molecule has 0 radical (unpaired) electrons. The van der Waals surface area contributed by atoms with E-state index in [-0.39, 0.29) is 24.1 Å². The van der Waals surface area contributed by atoms with E-state index in [0.29, 0.717) is 35.4 Å². The molecule has 9 nitrogen and oxygen atoms in total. The molecule has 0 unspecified atom stereocenters. The Bertz CT molecular complexity index is 1450. The fourth-order valence-corrected chi connectivity index (χ4v) is 4.27. The first-order chi connectivity index (χ1) is 16.9. The third-order valence-electron chi connectivity index (χ3n) is 6.15. The standard InChI is InChI=1S/C26H24N6O3/c1-16-5-3-7-23(28-16)29-26(35)22-10-12-31(22)24(34)15-32-21-9-8-18(19-6-4-11-27-14-19)13-20(21)25(30-32)17(2)33/h3-9,11,13-14,22H,10,12,15H2,1-2H3,(H,28,29,35)/t22-/m0/s1. The van der Waals surface area contributed by atoms with Crippen LogP contribution in [-0.2, 0) is 16.1 Å². The van der Waals surface area contributed by atoms with E-state index in [1.165, 1.54) is 16.5 Å². The zero-order valence-electron chi connectivity index (χ0n) is 19.4. The Labute approximate surface area is 201 Å². The molecule has 176 valence electrons. The maximum Gasteiger partial charge on any atom is 0.248 e. The summed E-state index contributed by atoms with van der Waals surface area (Å²) < 4.78 is 1.54. The molecule has 2 amide bonds. The lowest BCUT2D eigenvalue weighted by Crippen LogP contribution is -2.57. The Morgan fingerprint density at radius 2 is 1.94 bits per heavy atom. The number of anilines is 1. The first kappa shape index (κ1) is 22.4. The molecule has 0 aliphatic carbocycles. The zero-order chi connectivity index (χ0) is 24.5. The van der Waals surface area contributed by atoms with Gasteiger partial charge < -0.3 is 10.2 Å². The molecule has 9 heteroatoms. The number of aromatic nitrogens is 4. The summed E-state index contributed by atoms with van der Waals surface area (Å²) in [7, 11) is 0. The molecule has 5 rings (SSSR count). The summed E-state index contributed by atoms with van der Waals surface area (Å²) in [6, 6.07) is 14.3. The number of rotatable bonds is 6. The number of aryl methyl sites for hydroxylation is 1. The molecule has 0 spiro atoms. The molecule has 1 saturated heterocycles. The van der Waals surface area contributed by atoms with Gasteiger partial charge in [0.05, 0.1) is 5.52 Å². The minimum atomic E-state index is -0.559. The number of likely N-dealkylation sites (tertiary alicyclic amines) is 1. The van der Waals surface area contributed by atoms with E-state index in [4.69, 9.17) is 0 Å². The average Bonchev–Trinajstić information content (AvgIpc) is 3.16. The number of hydrogen-bond donors (Lipinski definition) is 1. The molecule has 1 N–H and O–H groups in total. The Morgan fingerprint density at radius 1 is 1.09 bits per heavy atom. The summed E-state index contributed by atoms with van der Waals surface area (Å²) in [6.07, 6.45) is 4.04. The van der Waals surface area contributed by atoms with E-state index in [0.717, 1.165) is 16.8 Å². The monoisotopic (exact) mass is 468 g/mol. The number of hydrogen-bond acceptors (Lipinski definition) is 6. The number of ketones is 1. The molecule has 1 aliphatic heterocycles. The lowest BCUT2D eigenvalue weighted by molar-refractivity contribution is -0.145. The predicted molar refractivity (Wildman–Crippen MR) is 131 cm³/mol. The topological polar surface area (TPSA) is 110 Å². The Balaban J connectivity index is 1.36. The van der Waals surface area contributed by atoms with Crippen molar-refractivity contribution in [2.24, 2.45) is 0 Å². The van der Waals surface area contributed by atoms with Crippen LogP contribution in [0.5, 0.6) is 0 Å². The van der Waals surface area contributed by atoms with Gasteiger partial charge in [-0.15, -0.1) is 0 Å². The largest absolute Gasteiger partial charge is 0.329 e. The van der Waals surface area contributed by atoms with Crippen LogP contribution < -0.4 is 5.32 Å². The van der Waals surface area contributed by atoms with Gasteiger partial charge in [0.15, 0.2) is 5.78 Å². The summed E-state index contributed by atoms with van der Waals surface area (Å²) >= 11 is 0. The molecule has 1 aromatic carbocycles. The predicted octanol–water partition coefficient (Wildman–Crippen LogP) is 3.24. The van der Waals surface area contributed by atoms with Crippen molar-refractivity contribution in [1.82, 2.24) is 24.6 Å². The van der Waals surface area contributed by atoms with Gasteiger partial charge in [0.2, 0.25) is 11.8 Å². The van der Waals surface area contributed by atoms with Crippen LogP contribution in [0.3, 0.4) is 0 Å². The van der Waals surface area contributed by atoms with E-state index >= 15 is 0 Å². The van der Waals surface area contributed by atoms with Crippen LogP contribution in [-0.4, -0.2) is 54.8 Å². The van der Waals surface area contributed by atoms with Crippen molar-refractivity contribution >= 4 is 34.3 Å². The van der Waals surface area contributed by atoms with Crippen LogP contribution in [0.2, 0.25) is 0 Å². The van der Waals surface area contributed by atoms with E-state index < -0.39 is 6.04 Å². The molecule has 1 fully saturated rings. The summed E-state index contributed by atoms with van der Waals surface area (Å²) in [4.78, 5) is 48.1. The number of benzene rings is 1. The second kappa shape index (κ2) is 9.09. The van der Waals surface area contributed by atoms with Gasteiger partial charge in [-0.2, -0.15) is 5.10 Å². The van der Waals surface area contributed by atoms with E-state index in [2.05, 4.69) is 20.4 Å². The van der Waals surface area contributed by atoms with Crippen molar-refractivity contribution in [1.29, 1.82) is 0 Å². The quantitative estimate of drug-likeness (QED) is 0.435. The number of pyridine rings is 2. The molecular formula is C26H24N6O3. The number of Topliss-reactive ketones (excluding diaryl/α,β-unsaturated/α-hetero) is 1. The number of carbonyl (C=O) groups excluding carboxylic acids is 3. The number of nitrogens with one attached hydrogen (secondary N) is 1. The maximum atomic E-state index is 13.1. The van der Waals surface area contributed by atoms with E-state index in [1.807, 2.05) is 49.4 Å². The van der Waals surface area contributed by atoms with Crippen LogP contribution in [0, 0.1) is 6.92 Å². The minimum Gasteiger partial charge on any atom is -0.329 e. The van der Waals surface area contributed by atoms with Crippen molar-refractivity contribution in [3.63, 3.8) is 0 Å². The highest BCUT2D eigenvalue weighted by Gasteiger charge is 2.38. The van der Waals surface area contributed by atoms with Gasteiger partial charge in [0.25, 0.3) is 0 Å². The van der Waals surface area contributed by atoms with Crippen LogP contribution in [0.1, 0.15) is 29.5 Å². The van der Waals surface area contributed by atoms with Gasteiger partial charge in [-0.3, -0.25) is 24.0 Å². The van der Waals surface area contributed by atoms with Gasteiger partial charge in [-0.25, -0.2) is 4.98 Å². The average molecular weight is 469 g/mol. The SMILES string of the molecule is CC(=O)c1nn(CC(=O)N2CC[C@H]2C(=O)Nc2cccc(C)n2)c2ccc(-c3cccnc3)cc12. The normalized spacial score (nSPS) is 15.0. The van der Waals surface area contributed by atoms with Gasteiger partial charge in [0.1, 0.15) is 24.1 Å². The second-order valence-corrected chi connectivity index (χ2v) is 8.58. The van der Waals surface area contributed by atoms with Crippen LogP contribution in [0.25, 0.3) is 22.0 Å². The molecule has 4 heterocycles. The van der Waals surface area contributed by atoms with Gasteiger partial charge >= 0.3 is 0 Å². The lowest BCUT2D eigenvalue weighted by Gasteiger charge is -2.39. The number of amides is 2. The number of nitrogens with zero attached hydrogens (tertiary/aromatic N) is 5. The Morgan fingerprint density at radius 3 is 2.63 bits per heavy atom. The summed E-state index contributed by atoms with van der Waals surface area (Å²) in [5.41, 5.74) is 3.61. The molecule has 0 bridgehead atoms. The van der Waals surface area contributed by atoms with Crippen molar-refractivity contribution in [3.05, 3.63) is 72.3 Å². The summed E-state index contributed by atoms with van der Waals surface area (Å²) in [5, 5.41) is 7.91. The number of carbonyl (C=O) groups is 3. The summed E-state index contributed by atoms with van der Waals surface area (Å²) in [6.45, 7) is 3.72. The highest BCUT2D eigenvalue weighted by molar-refractivity contribution is 6.06. The van der Waals surface area contributed by atoms with Crippen LogP contribution in [0.15, 0.2) is 60.9 Å². The molecule has 3 aromatic heterocycles. The smallest absolute Gasteiger partial charge is 0.248 e. The Hall–Kier alpha value is -4.40. The lowest BCUT2D eigenvalue weighted by atomic mass is 10.0. The highest BCUT2D eigenvalue weighted by atomic mass is 16.2. The van der Waals surface area contributed by atoms with Crippen LogP contribution in [0.4, 0.5) is 5.82 Å². The van der Waals surface area contributed by atoms with Crippen LogP contribution >= 0.6 is 0 Å². The molecule has 4 aromatic rings. The maximum absolute atomic E-state index is 13.1. The van der Waals surface area contributed by atoms with Gasteiger partial charge in [-0.1, -0.05) is 18.2 Å². The van der Waals surface area contributed by atoms with Crippen molar-refractivity contribution in [2.75, 3.05) is 11.9 Å². The first-order valence-electron chi connectivity index (χ1n) is 11.4. The third-order valence-corrected chi connectivity index (χ3v) is 6.15. The van der Waals surface area contributed by atoms with Crippen molar-refractivity contribution in [3.8, 4) is 11.1 Å². The third kappa shape index (κ3) is 4.40. The molecule has 1 atom stereocenters. The molecule has 0 saturated carbocycles. The van der Waals surface area contributed by atoms with E-state index in [1.54, 1.807) is 18.5 Å². The first-order valence-corrected chi connectivity index (χ1v) is 11.4. The zero-order valence-corrected chi connectivity index (χ0v) is 19.4. The molecule has 35 heavy (non-hydrogen) atoms. The van der Waals surface area contributed by atoms with Crippen molar-refractivity contribution in [2.45, 2.75) is 32.9 Å². The van der Waals surface area contributed by atoms with Gasteiger partial charge in [0, 0.05) is 42.5 Å². The minimum absolute atomic E-state index is 0.0670. The molecular weight excluding hydrogens is 444 g/mol. The molecule has 1 aliphatic rings. The second-order valence-electron chi connectivity index (χ2n) is 8.58. The fraction of sp³-hybridized carbons (Fsp3) is 0.231. The fourth-order valence-electron chi connectivity index (χ4n) is 4.27. The van der Waals surface area contributed by atoms with E-state index in [9.17, 15) is 14.4 Å². The summed E-state index contributed by atoms with van der Waals surface area (Å²) in [5.74, 6) is -0.220. The highest BCUT2D eigenvalue weighted by Crippen LogP contribution is 2.27. The Kier molecular flexibility index (Phi) is 5.82. The van der Waals surface area contributed by atoms with Gasteiger partial charge in [-0.05, 0) is 49.2 Å². The van der Waals surface area contributed by atoms with Crippen molar-refractivity contribution < 1.29 is 14.4 Å². The number of fused-ring (bicyclic) bond motifs is 1.